The zero-order chi connectivity index (χ0) is 20.5. The lowest BCUT2D eigenvalue weighted by molar-refractivity contribution is 0.0643. The van der Waals surface area contributed by atoms with Crippen LogP contribution in [-0.4, -0.2) is 70.9 Å². The first kappa shape index (κ1) is 21.3. The molecule has 0 unspecified atom stereocenters. The van der Waals surface area contributed by atoms with Crippen molar-refractivity contribution in [3.05, 3.63) is 17.6 Å². The molecule has 2 aliphatic rings. The minimum absolute atomic E-state index is 0.00648. The van der Waals surface area contributed by atoms with Crippen molar-refractivity contribution in [2.45, 2.75) is 37.5 Å². The van der Waals surface area contributed by atoms with Gasteiger partial charge in [0.1, 0.15) is 10.7 Å². The van der Waals surface area contributed by atoms with E-state index in [4.69, 9.17) is 4.42 Å². The number of sulfonamides is 2. The summed E-state index contributed by atoms with van der Waals surface area (Å²) in [6.07, 6.45) is 4.34. The molecule has 1 aromatic heterocycles. The Labute approximate surface area is 166 Å². The molecule has 1 N–H and O–H groups in total. The Kier molecular flexibility index (Phi) is 6.18. The van der Waals surface area contributed by atoms with E-state index < -0.39 is 20.0 Å². The highest BCUT2D eigenvalue weighted by atomic mass is 32.2. The van der Waals surface area contributed by atoms with Crippen LogP contribution in [-0.2, 0) is 20.0 Å². The lowest BCUT2D eigenvalue weighted by Crippen LogP contribution is -2.43. The molecule has 3 heterocycles. The van der Waals surface area contributed by atoms with Crippen LogP contribution in [0, 0.1) is 12.8 Å². The van der Waals surface area contributed by atoms with Gasteiger partial charge in [-0.25, -0.2) is 21.6 Å². The molecular weight excluding hydrogens is 406 g/mol. The summed E-state index contributed by atoms with van der Waals surface area (Å²) < 4.78 is 57.5. The van der Waals surface area contributed by atoms with E-state index >= 15 is 0 Å². The van der Waals surface area contributed by atoms with E-state index in [1.54, 1.807) is 11.8 Å². The lowest BCUT2D eigenvalue weighted by atomic mass is 9.98. The van der Waals surface area contributed by atoms with Crippen molar-refractivity contribution < 1.29 is 26.0 Å². The van der Waals surface area contributed by atoms with Crippen LogP contribution in [0.4, 0.5) is 0 Å². The average Bonchev–Trinajstić information content (AvgIpc) is 3.29. The minimum Gasteiger partial charge on any atom is -0.455 e. The fraction of sp³-hybridized carbons (Fsp3) is 0.706. The van der Waals surface area contributed by atoms with Gasteiger partial charge in [0.05, 0.1) is 6.26 Å². The molecular formula is C17H27N3O6S2. The molecule has 0 saturated carbocycles. The summed E-state index contributed by atoms with van der Waals surface area (Å²) in [5, 5.41) is 0. The molecule has 158 valence electrons. The van der Waals surface area contributed by atoms with Crippen LogP contribution in [0.1, 0.15) is 42.0 Å². The molecule has 1 amide bonds. The summed E-state index contributed by atoms with van der Waals surface area (Å²) in [5.74, 6) is -0.138. The SMILES string of the molecule is Cc1oc(C(=O)N2CCC[C@@H](CNS(C)(=O)=O)C2)cc1S(=O)(=O)N1CCCC1. The third-order valence-corrected chi connectivity index (χ3v) is 7.90. The van der Waals surface area contributed by atoms with E-state index in [1.165, 1.54) is 10.4 Å². The lowest BCUT2D eigenvalue weighted by Gasteiger charge is -2.32. The van der Waals surface area contributed by atoms with Crippen LogP contribution in [0.15, 0.2) is 15.4 Å². The fourth-order valence-corrected chi connectivity index (χ4v) is 5.95. The van der Waals surface area contributed by atoms with Crippen molar-refractivity contribution in [3.8, 4) is 0 Å². The number of aryl methyl sites for hydroxylation is 1. The molecule has 3 rings (SSSR count). The summed E-state index contributed by atoms with van der Waals surface area (Å²) in [5.41, 5.74) is 0. The van der Waals surface area contributed by atoms with Gasteiger partial charge in [0.15, 0.2) is 5.76 Å². The first-order valence-electron chi connectivity index (χ1n) is 9.42. The van der Waals surface area contributed by atoms with E-state index in [-0.39, 0.29) is 34.8 Å². The summed E-state index contributed by atoms with van der Waals surface area (Å²) in [6.45, 7) is 3.72. The molecule has 9 nitrogen and oxygen atoms in total. The zero-order valence-electron chi connectivity index (χ0n) is 16.2. The predicted molar refractivity (Wildman–Crippen MR) is 103 cm³/mol. The Morgan fingerprint density at radius 1 is 1.18 bits per heavy atom. The number of piperidine rings is 1. The monoisotopic (exact) mass is 433 g/mol. The summed E-state index contributed by atoms with van der Waals surface area (Å²) in [6, 6.07) is 1.32. The second-order valence-corrected chi connectivity index (χ2v) is 11.3. The van der Waals surface area contributed by atoms with E-state index in [9.17, 15) is 21.6 Å². The van der Waals surface area contributed by atoms with Crippen molar-refractivity contribution in [2.24, 2.45) is 5.92 Å². The molecule has 1 atom stereocenters. The number of carbonyl (C=O) groups excluding carboxylic acids is 1. The molecule has 1 aromatic rings. The number of nitrogens with zero attached hydrogens (tertiary/aromatic N) is 2. The van der Waals surface area contributed by atoms with Crippen molar-refractivity contribution in [2.75, 3.05) is 39.0 Å². The van der Waals surface area contributed by atoms with Crippen LogP contribution < -0.4 is 4.72 Å². The van der Waals surface area contributed by atoms with Gasteiger partial charge in [-0.1, -0.05) is 0 Å². The van der Waals surface area contributed by atoms with E-state index in [0.717, 1.165) is 31.9 Å². The molecule has 0 spiro atoms. The number of carbonyl (C=O) groups is 1. The van der Waals surface area contributed by atoms with E-state index in [0.29, 0.717) is 26.2 Å². The average molecular weight is 434 g/mol. The van der Waals surface area contributed by atoms with Crippen LogP contribution in [0.5, 0.6) is 0 Å². The normalized spacial score (nSPS) is 21.9. The number of nitrogens with one attached hydrogen (secondary N) is 1. The zero-order valence-corrected chi connectivity index (χ0v) is 17.8. The first-order valence-corrected chi connectivity index (χ1v) is 12.8. The largest absolute Gasteiger partial charge is 0.455 e. The Balaban J connectivity index is 1.72. The van der Waals surface area contributed by atoms with Gasteiger partial charge in [-0.2, -0.15) is 4.31 Å². The summed E-state index contributed by atoms with van der Waals surface area (Å²) in [4.78, 5) is 14.5. The maximum atomic E-state index is 12.8. The van der Waals surface area contributed by atoms with Gasteiger partial charge < -0.3 is 9.32 Å². The minimum atomic E-state index is -3.66. The Hall–Kier alpha value is -1.43. The van der Waals surface area contributed by atoms with E-state index in [1.807, 2.05) is 0 Å². The van der Waals surface area contributed by atoms with Gasteiger partial charge in [-0.05, 0) is 38.5 Å². The van der Waals surface area contributed by atoms with Crippen LogP contribution in [0.25, 0.3) is 0 Å². The molecule has 0 aliphatic carbocycles. The van der Waals surface area contributed by atoms with Crippen LogP contribution in [0.2, 0.25) is 0 Å². The number of furan rings is 1. The second kappa shape index (κ2) is 8.13. The van der Waals surface area contributed by atoms with Gasteiger partial charge in [0.2, 0.25) is 20.0 Å². The van der Waals surface area contributed by atoms with Crippen molar-refractivity contribution in [1.29, 1.82) is 0 Å². The maximum absolute atomic E-state index is 12.8. The third kappa shape index (κ3) is 4.76. The maximum Gasteiger partial charge on any atom is 0.289 e. The highest BCUT2D eigenvalue weighted by Crippen LogP contribution is 2.28. The Morgan fingerprint density at radius 2 is 1.86 bits per heavy atom. The molecule has 2 saturated heterocycles. The molecule has 28 heavy (non-hydrogen) atoms. The second-order valence-electron chi connectivity index (χ2n) is 7.52. The summed E-state index contributed by atoms with van der Waals surface area (Å²) >= 11 is 0. The van der Waals surface area contributed by atoms with Gasteiger partial charge in [-0.15, -0.1) is 0 Å². The fourth-order valence-electron chi connectivity index (χ4n) is 3.74. The smallest absolute Gasteiger partial charge is 0.289 e. The number of rotatable bonds is 6. The molecule has 2 fully saturated rings. The Bertz CT molecular complexity index is 932. The number of hydrogen-bond acceptors (Lipinski definition) is 6. The molecule has 0 aromatic carbocycles. The molecule has 0 bridgehead atoms. The standard InChI is InChI=1S/C17H27N3O6S2/c1-13-16(28(24,25)20-8-3-4-9-20)10-15(26-13)17(21)19-7-5-6-14(12-19)11-18-27(2,22)23/h10,14,18H,3-9,11-12H2,1-2H3/t14-/m0/s1. The van der Waals surface area contributed by atoms with Crippen molar-refractivity contribution in [3.63, 3.8) is 0 Å². The number of amides is 1. The van der Waals surface area contributed by atoms with E-state index in [2.05, 4.69) is 4.72 Å². The van der Waals surface area contributed by atoms with Gasteiger partial charge >= 0.3 is 0 Å². The van der Waals surface area contributed by atoms with Crippen molar-refractivity contribution >= 4 is 26.0 Å². The van der Waals surface area contributed by atoms with Gasteiger partial charge in [0.25, 0.3) is 5.91 Å². The number of likely N-dealkylation sites (tertiary alicyclic amines) is 1. The quantitative estimate of drug-likeness (QED) is 0.708. The third-order valence-electron chi connectivity index (χ3n) is 5.21. The highest BCUT2D eigenvalue weighted by Gasteiger charge is 2.33. The Morgan fingerprint density at radius 3 is 2.50 bits per heavy atom. The van der Waals surface area contributed by atoms with Crippen LogP contribution >= 0.6 is 0 Å². The first-order chi connectivity index (χ1) is 13.1. The predicted octanol–water partition coefficient (Wildman–Crippen LogP) is 0.774. The highest BCUT2D eigenvalue weighted by molar-refractivity contribution is 7.89. The van der Waals surface area contributed by atoms with Gasteiger partial charge in [0, 0.05) is 38.8 Å². The van der Waals surface area contributed by atoms with Crippen molar-refractivity contribution in [1.82, 2.24) is 13.9 Å². The molecule has 0 radical (unpaired) electrons. The summed E-state index contributed by atoms with van der Waals surface area (Å²) in [7, 11) is -6.94. The number of hydrogen-bond donors (Lipinski definition) is 1. The molecule has 2 aliphatic heterocycles. The van der Waals surface area contributed by atoms with Gasteiger partial charge in [-0.3, -0.25) is 4.79 Å². The van der Waals surface area contributed by atoms with Crippen LogP contribution in [0.3, 0.4) is 0 Å². The molecule has 11 heteroatoms. The topological polar surface area (TPSA) is 117 Å².